The molecule has 0 spiro atoms. The van der Waals surface area contributed by atoms with E-state index in [0.717, 1.165) is 24.9 Å². The van der Waals surface area contributed by atoms with Crippen LogP contribution in [-0.2, 0) is 0 Å². The zero-order chi connectivity index (χ0) is 11.3. The fourth-order valence-corrected chi connectivity index (χ4v) is 2.28. The smallest absolute Gasteiger partial charge is 0.0192 e. The molecular weight excluding hydrogens is 184 g/mol. The lowest BCUT2D eigenvalue weighted by Crippen LogP contribution is -2.39. The minimum atomic E-state index is 0.661. The van der Waals surface area contributed by atoms with Crippen LogP contribution in [0.1, 0.15) is 27.2 Å². The number of nitrogens with one attached hydrogen (secondary N) is 1. The predicted octanol–water partition coefficient (Wildman–Crippen LogP) is 2.13. The van der Waals surface area contributed by atoms with Gasteiger partial charge in [-0.05, 0) is 31.7 Å². The third-order valence-corrected chi connectivity index (χ3v) is 3.55. The highest BCUT2D eigenvalue weighted by Gasteiger charge is 2.27. The van der Waals surface area contributed by atoms with Crippen molar-refractivity contribution in [3.05, 3.63) is 12.7 Å². The normalized spacial score (nSPS) is 24.7. The molecule has 0 radical (unpaired) electrons. The van der Waals surface area contributed by atoms with E-state index < -0.39 is 0 Å². The molecule has 0 aliphatic carbocycles. The van der Waals surface area contributed by atoms with Gasteiger partial charge in [0.2, 0.25) is 0 Å². The number of hydrogen-bond acceptors (Lipinski definition) is 2. The molecule has 1 N–H and O–H groups in total. The van der Waals surface area contributed by atoms with Gasteiger partial charge >= 0.3 is 0 Å². The van der Waals surface area contributed by atoms with Crippen LogP contribution in [0.25, 0.3) is 0 Å². The molecule has 2 nitrogen and oxygen atoms in total. The van der Waals surface area contributed by atoms with Gasteiger partial charge in [0, 0.05) is 25.7 Å². The Bertz CT molecular complexity index is 189. The molecule has 1 aliphatic rings. The summed E-state index contributed by atoms with van der Waals surface area (Å²) < 4.78 is 0. The zero-order valence-electron chi connectivity index (χ0n) is 10.5. The largest absolute Gasteiger partial charge is 0.312 e. The molecule has 0 amide bonds. The van der Waals surface area contributed by atoms with Crippen LogP contribution in [0.2, 0.25) is 0 Å². The first-order chi connectivity index (χ1) is 7.15. The SMILES string of the molecule is C=CCNCC(C)N1CCC(C(C)C)C1. The van der Waals surface area contributed by atoms with E-state index in [1.807, 2.05) is 6.08 Å². The Morgan fingerprint density at radius 1 is 1.47 bits per heavy atom. The lowest BCUT2D eigenvalue weighted by molar-refractivity contribution is 0.235. The summed E-state index contributed by atoms with van der Waals surface area (Å²) in [7, 11) is 0. The summed E-state index contributed by atoms with van der Waals surface area (Å²) in [5.74, 6) is 1.75. The van der Waals surface area contributed by atoms with Crippen LogP contribution < -0.4 is 5.32 Å². The molecule has 1 saturated heterocycles. The molecule has 0 bridgehead atoms. The Hall–Kier alpha value is -0.340. The molecule has 2 heteroatoms. The van der Waals surface area contributed by atoms with E-state index in [2.05, 4.69) is 37.6 Å². The predicted molar refractivity (Wildman–Crippen MR) is 67.0 cm³/mol. The van der Waals surface area contributed by atoms with E-state index in [-0.39, 0.29) is 0 Å². The quantitative estimate of drug-likeness (QED) is 0.534. The van der Waals surface area contributed by atoms with Gasteiger partial charge in [-0.15, -0.1) is 6.58 Å². The van der Waals surface area contributed by atoms with Crippen LogP contribution in [-0.4, -0.2) is 37.1 Å². The molecule has 0 aromatic carbocycles. The second-order valence-corrected chi connectivity index (χ2v) is 5.08. The highest BCUT2D eigenvalue weighted by molar-refractivity contribution is 4.82. The Kier molecular flexibility index (Phi) is 5.34. The average molecular weight is 210 g/mol. The van der Waals surface area contributed by atoms with E-state index in [1.54, 1.807) is 0 Å². The first-order valence-corrected chi connectivity index (χ1v) is 6.20. The molecule has 88 valence electrons. The molecule has 0 aromatic heterocycles. The minimum Gasteiger partial charge on any atom is -0.312 e. The fraction of sp³-hybridized carbons (Fsp3) is 0.846. The first-order valence-electron chi connectivity index (χ1n) is 6.20. The van der Waals surface area contributed by atoms with Crippen molar-refractivity contribution in [1.82, 2.24) is 10.2 Å². The Morgan fingerprint density at radius 3 is 2.73 bits per heavy atom. The maximum absolute atomic E-state index is 3.71. The van der Waals surface area contributed by atoms with E-state index in [4.69, 9.17) is 0 Å². The third-order valence-electron chi connectivity index (χ3n) is 3.55. The monoisotopic (exact) mass is 210 g/mol. The number of hydrogen-bond donors (Lipinski definition) is 1. The number of rotatable bonds is 6. The maximum Gasteiger partial charge on any atom is 0.0192 e. The Balaban J connectivity index is 2.23. The molecule has 1 rings (SSSR count). The third kappa shape index (κ3) is 3.96. The second kappa shape index (κ2) is 6.29. The topological polar surface area (TPSA) is 15.3 Å². The van der Waals surface area contributed by atoms with Crippen molar-refractivity contribution < 1.29 is 0 Å². The Morgan fingerprint density at radius 2 is 2.20 bits per heavy atom. The molecule has 15 heavy (non-hydrogen) atoms. The molecule has 1 fully saturated rings. The van der Waals surface area contributed by atoms with Crippen LogP contribution >= 0.6 is 0 Å². The molecule has 0 saturated carbocycles. The van der Waals surface area contributed by atoms with Gasteiger partial charge in [0.15, 0.2) is 0 Å². The standard InChI is InChI=1S/C13H26N2/c1-5-7-14-9-12(4)15-8-6-13(10-15)11(2)3/h5,11-14H,1,6-10H2,2-4H3. The number of likely N-dealkylation sites (tertiary alicyclic amines) is 1. The minimum absolute atomic E-state index is 0.661. The van der Waals surface area contributed by atoms with Gasteiger partial charge in [-0.1, -0.05) is 19.9 Å². The lowest BCUT2D eigenvalue weighted by atomic mass is 9.95. The molecular formula is C13H26N2. The van der Waals surface area contributed by atoms with E-state index in [9.17, 15) is 0 Å². The van der Waals surface area contributed by atoms with E-state index in [0.29, 0.717) is 6.04 Å². The average Bonchev–Trinajstić information content (AvgIpc) is 2.66. The highest BCUT2D eigenvalue weighted by atomic mass is 15.2. The van der Waals surface area contributed by atoms with Crippen LogP contribution in [0.15, 0.2) is 12.7 Å². The summed E-state index contributed by atoms with van der Waals surface area (Å²) >= 11 is 0. The van der Waals surface area contributed by atoms with Crippen molar-refractivity contribution in [3.63, 3.8) is 0 Å². The molecule has 2 unspecified atom stereocenters. The van der Waals surface area contributed by atoms with Crippen molar-refractivity contribution in [1.29, 1.82) is 0 Å². The van der Waals surface area contributed by atoms with E-state index >= 15 is 0 Å². The summed E-state index contributed by atoms with van der Waals surface area (Å²) in [6, 6.07) is 0.661. The van der Waals surface area contributed by atoms with Crippen molar-refractivity contribution in [2.24, 2.45) is 11.8 Å². The van der Waals surface area contributed by atoms with Gasteiger partial charge in [-0.25, -0.2) is 0 Å². The highest BCUT2D eigenvalue weighted by Crippen LogP contribution is 2.24. The van der Waals surface area contributed by atoms with Gasteiger partial charge in [0.25, 0.3) is 0 Å². The summed E-state index contributed by atoms with van der Waals surface area (Å²) in [4.78, 5) is 2.61. The zero-order valence-corrected chi connectivity index (χ0v) is 10.5. The summed E-state index contributed by atoms with van der Waals surface area (Å²) in [6.07, 6.45) is 3.30. The van der Waals surface area contributed by atoms with Crippen LogP contribution in [0.3, 0.4) is 0 Å². The summed E-state index contributed by atoms with van der Waals surface area (Å²) in [5, 5.41) is 3.40. The Labute approximate surface area is 94.7 Å². The van der Waals surface area contributed by atoms with Crippen LogP contribution in [0.4, 0.5) is 0 Å². The van der Waals surface area contributed by atoms with Gasteiger partial charge < -0.3 is 5.32 Å². The maximum atomic E-state index is 3.71. The van der Waals surface area contributed by atoms with Crippen LogP contribution in [0, 0.1) is 11.8 Å². The number of nitrogens with zero attached hydrogens (tertiary/aromatic N) is 1. The van der Waals surface area contributed by atoms with Gasteiger partial charge in [-0.3, -0.25) is 4.90 Å². The summed E-state index contributed by atoms with van der Waals surface area (Å²) in [6.45, 7) is 15.3. The van der Waals surface area contributed by atoms with E-state index in [1.165, 1.54) is 19.5 Å². The van der Waals surface area contributed by atoms with Crippen molar-refractivity contribution >= 4 is 0 Å². The van der Waals surface area contributed by atoms with Gasteiger partial charge in [0.1, 0.15) is 0 Å². The second-order valence-electron chi connectivity index (χ2n) is 5.08. The molecule has 1 heterocycles. The summed E-state index contributed by atoms with van der Waals surface area (Å²) in [5.41, 5.74) is 0. The molecule has 0 aromatic rings. The van der Waals surface area contributed by atoms with Gasteiger partial charge in [0.05, 0.1) is 0 Å². The van der Waals surface area contributed by atoms with Crippen molar-refractivity contribution in [2.45, 2.75) is 33.2 Å². The van der Waals surface area contributed by atoms with Crippen LogP contribution in [0.5, 0.6) is 0 Å². The van der Waals surface area contributed by atoms with Gasteiger partial charge in [-0.2, -0.15) is 0 Å². The first kappa shape index (κ1) is 12.7. The fourth-order valence-electron chi connectivity index (χ4n) is 2.28. The van der Waals surface area contributed by atoms with Crippen molar-refractivity contribution in [2.75, 3.05) is 26.2 Å². The lowest BCUT2D eigenvalue weighted by Gasteiger charge is -2.25. The molecule has 1 aliphatic heterocycles. The van der Waals surface area contributed by atoms with Crippen molar-refractivity contribution in [3.8, 4) is 0 Å². The molecule has 2 atom stereocenters.